The van der Waals surface area contributed by atoms with Crippen LogP contribution in [0.2, 0.25) is 0 Å². The Balaban J connectivity index is 1.94. The Bertz CT molecular complexity index is 588. The molecule has 5 heteroatoms. The molecule has 21 heavy (non-hydrogen) atoms. The van der Waals surface area contributed by atoms with Gasteiger partial charge in [0.25, 0.3) is 0 Å². The van der Waals surface area contributed by atoms with Crippen molar-refractivity contribution < 1.29 is 14.1 Å². The normalized spacial score (nSPS) is 10.9. The predicted molar refractivity (Wildman–Crippen MR) is 78.3 cm³/mol. The van der Waals surface area contributed by atoms with E-state index in [1.54, 1.807) is 7.11 Å². The van der Waals surface area contributed by atoms with E-state index in [2.05, 4.69) is 10.1 Å². The second kappa shape index (κ2) is 7.02. The van der Waals surface area contributed by atoms with E-state index in [4.69, 9.17) is 9.26 Å². The lowest BCUT2D eigenvalue weighted by atomic mass is 10.1. The lowest BCUT2D eigenvalue weighted by Crippen LogP contribution is -2.06. The molecule has 0 unspecified atom stereocenters. The van der Waals surface area contributed by atoms with Crippen molar-refractivity contribution in [2.75, 3.05) is 7.11 Å². The predicted octanol–water partition coefficient (Wildman–Crippen LogP) is 2.83. The van der Waals surface area contributed by atoms with Crippen LogP contribution < -0.4 is 4.74 Å². The summed E-state index contributed by atoms with van der Waals surface area (Å²) in [4.78, 5) is 16.0. The minimum absolute atomic E-state index is 0.129. The number of ketones is 1. The van der Waals surface area contributed by atoms with Gasteiger partial charge in [0.2, 0.25) is 5.89 Å². The number of nitrogens with zero attached hydrogens (tertiary/aromatic N) is 2. The molecule has 0 spiro atoms. The van der Waals surface area contributed by atoms with Crippen molar-refractivity contribution in [3.8, 4) is 5.75 Å². The molecule has 112 valence electrons. The van der Waals surface area contributed by atoms with E-state index in [0.717, 1.165) is 11.3 Å². The molecule has 0 fully saturated rings. The zero-order valence-corrected chi connectivity index (χ0v) is 12.6. The van der Waals surface area contributed by atoms with Gasteiger partial charge in [0, 0.05) is 12.8 Å². The molecule has 2 rings (SSSR count). The first-order valence-electron chi connectivity index (χ1n) is 7.03. The second-order valence-corrected chi connectivity index (χ2v) is 5.44. The fourth-order valence-electron chi connectivity index (χ4n) is 2.06. The van der Waals surface area contributed by atoms with Gasteiger partial charge in [-0.1, -0.05) is 31.1 Å². The average molecular weight is 288 g/mol. The number of methoxy groups -OCH3 is 1. The van der Waals surface area contributed by atoms with Crippen LogP contribution in [0.25, 0.3) is 0 Å². The number of benzene rings is 1. The fourth-order valence-corrected chi connectivity index (χ4v) is 2.06. The minimum Gasteiger partial charge on any atom is -0.497 e. The van der Waals surface area contributed by atoms with Gasteiger partial charge in [-0.25, -0.2) is 0 Å². The van der Waals surface area contributed by atoms with Crippen molar-refractivity contribution in [3.63, 3.8) is 0 Å². The second-order valence-electron chi connectivity index (χ2n) is 5.44. The largest absolute Gasteiger partial charge is 0.497 e. The molecule has 0 bridgehead atoms. The van der Waals surface area contributed by atoms with Crippen molar-refractivity contribution >= 4 is 5.78 Å². The molecular weight excluding hydrogens is 268 g/mol. The highest BCUT2D eigenvalue weighted by molar-refractivity contribution is 5.80. The van der Waals surface area contributed by atoms with E-state index in [1.165, 1.54) is 0 Å². The summed E-state index contributed by atoms with van der Waals surface area (Å²) in [5, 5.41) is 3.92. The van der Waals surface area contributed by atoms with Gasteiger partial charge in [0.1, 0.15) is 11.5 Å². The highest BCUT2D eigenvalue weighted by Gasteiger charge is 2.13. The van der Waals surface area contributed by atoms with Gasteiger partial charge < -0.3 is 9.26 Å². The summed E-state index contributed by atoms with van der Waals surface area (Å²) < 4.78 is 10.2. The molecule has 0 aliphatic rings. The topological polar surface area (TPSA) is 65.2 Å². The number of hydrogen-bond donors (Lipinski definition) is 0. The zero-order chi connectivity index (χ0) is 15.2. The molecule has 0 atom stereocenters. The van der Waals surface area contributed by atoms with Gasteiger partial charge >= 0.3 is 0 Å². The minimum atomic E-state index is 0.129. The average Bonchev–Trinajstić information content (AvgIpc) is 2.85. The highest BCUT2D eigenvalue weighted by atomic mass is 16.5. The SMILES string of the molecule is COc1ccc(Cc2noc(CC(=O)CC(C)C)n2)cc1. The van der Waals surface area contributed by atoms with Crippen LogP contribution in [-0.4, -0.2) is 23.0 Å². The van der Waals surface area contributed by atoms with Crippen LogP contribution in [0.3, 0.4) is 0 Å². The molecule has 0 saturated heterocycles. The summed E-state index contributed by atoms with van der Waals surface area (Å²) in [7, 11) is 1.63. The maximum atomic E-state index is 11.7. The number of ether oxygens (including phenoxy) is 1. The van der Waals surface area contributed by atoms with Crippen molar-refractivity contribution in [1.82, 2.24) is 10.1 Å². The summed E-state index contributed by atoms with van der Waals surface area (Å²) >= 11 is 0. The smallest absolute Gasteiger partial charge is 0.234 e. The van der Waals surface area contributed by atoms with Crippen LogP contribution in [0.4, 0.5) is 0 Å². The molecule has 5 nitrogen and oxygen atoms in total. The zero-order valence-electron chi connectivity index (χ0n) is 12.6. The molecule has 0 N–H and O–H groups in total. The highest BCUT2D eigenvalue weighted by Crippen LogP contribution is 2.14. The van der Waals surface area contributed by atoms with Crippen LogP contribution in [-0.2, 0) is 17.6 Å². The number of carbonyl (C=O) groups excluding carboxylic acids is 1. The van der Waals surface area contributed by atoms with E-state index in [9.17, 15) is 4.79 Å². The molecule has 0 aliphatic carbocycles. The first-order chi connectivity index (χ1) is 10.1. The first kappa shape index (κ1) is 15.2. The Morgan fingerprint density at radius 1 is 1.29 bits per heavy atom. The van der Waals surface area contributed by atoms with Gasteiger partial charge in [-0.05, 0) is 23.6 Å². The maximum absolute atomic E-state index is 11.7. The third kappa shape index (κ3) is 4.70. The monoisotopic (exact) mass is 288 g/mol. The van der Waals surface area contributed by atoms with Crippen molar-refractivity contribution in [2.45, 2.75) is 33.1 Å². The molecule has 2 aromatic rings. The Labute approximate surface area is 124 Å². The number of hydrogen-bond acceptors (Lipinski definition) is 5. The van der Waals surface area contributed by atoms with Gasteiger partial charge in [0.15, 0.2) is 5.82 Å². The summed E-state index contributed by atoms with van der Waals surface area (Å²) in [6.45, 7) is 4.03. The molecule has 1 aromatic heterocycles. The van der Waals surface area contributed by atoms with Crippen LogP contribution in [0.1, 0.15) is 37.5 Å². The van der Waals surface area contributed by atoms with Crippen molar-refractivity contribution in [3.05, 3.63) is 41.5 Å². The van der Waals surface area contributed by atoms with Gasteiger partial charge in [-0.3, -0.25) is 4.79 Å². The molecule has 1 heterocycles. The molecule has 0 saturated carbocycles. The summed E-state index contributed by atoms with van der Waals surface area (Å²) in [5.41, 5.74) is 1.07. The van der Waals surface area contributed by atoms with Gasteiger partial charge in [-0.2, -0.15) is 4.98 Å². The fraction of sp³-hybridized carbons (Fsp3) is 0.438. The quantitative estimate of drug-likeness (QED) is 0.783. The summed E-state index contributed by atoms with van der Waals surface area (Å²) in [6, 6.07) is 7.70. The van der Waals surface area contributed by atoms with E-state index in [0.29, 0.717) is 30.5 Å². The number of carbonyl (C=O) groups is 1. The number of aromatic nitrogens is 2. The molecule has 0 amide bonds. The van der Waals surface area contributed by atoms with Crippen LogP contribution in [0.5, 0.6) is 5.75 Å². The van der Waals surface area contributed by atoms with Gasteiger partial charge in [-0.15, -0.1) is 0 Å². The van der Waals surface area contributed by atoms with E-state index >= 15 is 0 Å². The lowest BCUT2D eigenvalue weighted by Gasteiger charge is -2.01. The van der Waals surface area contributed by atoms with Crippen LogP contribution >= 0.6 is 0 Å². The van der Waals surface area contributed by atoms with Crippen LogP contribution in [0, 0.1) is 5.92 Å². The Morgan fingerprint density at radius 3 is 2.62 bits per heavy atom. The lowest BCUT2D eigenvalue weighted by molar-refractivity contribution is -0.119. The maximum Gasteiger partial charge on any atom is 0.234 e. The Hall–Kier alpha value is -2.17. The molecule has 0 radical (unpaired) electrons. The Kier molecular flexibility index (Phi) is 5.09. The Morgan fingerprint density at radius 2 is 2.00 bits per heavy atom. The molecule has 0 aliphatic heterocycles. The van der Waals surface area contributed by atoms with Crippen LogP contribution in [0.15, 0.2) is 28.8 Å². The first-order valence-corrected chi connectivity index (χ1v) is 7.03. The molecular formula is C16H20N2O3. The van der Waals surface area contributed by atoms with E-state index in [1.807, 2.05) is 38.1 Å². The number of rotatable bonds is 7. The standard InChI is InChI=1S/C16H20N2O3/c1-11(2)8-13(19)10-16-17-15(18-21-16)9-12-4-6-14(20-3)7-5-12/h4-7,11H,8-10H2,1-3H3. The van der Waals surface area contributed by atoms with E-state index < -0.39 is 0 Å². The van der Waals surface area contributed by atoms with Gasteiger partial charge in [0.05, 0.1) is 13.5 Å². The van der Waals surface area contributed by atoms with Crippen molar-refractivity contribution in [2.24, 2.45) is 5.92 Å². The third-order valence-corrected chi connectivity index (χ3v) is 3.02. The van der Waals surface area contributed by atoms with Crippen molar-refractivity contribution in [1.29, 1.82) is 0 Å². The number of Topliss-reactive ketones (excluding diaryl/α,β-unsaturated/α-hetero) is 1. The van der Waals surface area contributed by atoms with E-state index in [-0.39, 0.29) is 12.2 Å². The summed E-state index contributed by atoms with van der Waals surface area (Å²) in [5.74, 6) is 2.27. The third-order valence-electron chi connectivity index (χ3n) is 3.02. The molecule has 1 aromatic carbocycles. The summed E-state index contributed by atoms with van der Waals surface area (Å²) in [6.07, 6.45) is 1.33.